The van der Waals surface area contributed by atoms with E-state index < -0.39 is 0 Å². The summed E-state index contributed by atoms with van der Waals surface area (Å²) in [7, 11) is 3.71. The molecule has 0 radical (unpaired) electrons. The minimum Gasteiger partial charge on any atom is -0.384 e. The Balaban J connectivity index is 1.93. The normalized spacial score (nSPS) is 19.2. The van der Waals surface area contributed by atoms with Crippen molar-refractivity contribution < 1.29 is 4.74 Å². The first-order valence-electron chi connectivity index (χ1n) is 6.17. The summed E-state index contributed by atoms with van der Waals surface area (Å²) in [4.78, 5) is 0. The van der Waals surface area contributed by atoms with Crippen molar-refractivity contribution >= 4 is 5.82 Å². The summed E-state index contributed by atoms with van der Waals surface area (Å²) in [6.07, 6.45) is 4.26. The Bertz CT molecular complexity index is 339. The van der Waals surface area contributed by atoms with Gasteiger partial charge in [-0.25, -0.2) is 0 Å². The number of nitrogens with one attached hydrogen (secondary N) is 2. The Morgan fingerprint density at radius 2 is 2.29 bits per heavy atom. The van der Waals surface area contributed by atoms with Gasteiger partial charge in [-0.15, -0.1) is 0 Å². The fourth-order valence-electron chi connectivity index (χ4n) is 2.42. The zero-order valence-electron chi connectivity index (χ0n) is 10.7. The standard InChI is InChI=1S/C12H22N4O/c1-16-8-3-11(15-16)14-9-12(10-17-2)4-6-13-7-5-12/h3,8,13H,4-7,9-10H2,1-2H3,(H,14,15). The Labute approximate surface area is 103 Å². The first kappa shape index (κ1) is 12.4. The van der Waals surface area contributed by atoms with Crippen LogP contribution in [0.5, 0.6) is 0 Å². The van der Waals surface area contributed by atoms with E-state index in [1.807, 2.05) is 24.0 Å². The average molecular weight is 238 g/mol. The van der Waals surface area contributed by atoms with Gasteiger partial charge in [0.25, 0.3) is 0 Å². The molecule has 0 bridgehead atoms. The molecular weight excluding hydrogens is 216 g/mol. The summed E-state index contributed by atoms with van der Waals surface area (Å²) in [6.45, 7) is 3.90. The molecule has 2 heterocycles. The van der Waals surface area contributed by atoms with Crippen molar-refractivity contribution in [2.45, 2.75) is 12.8 Å². The van der Waals surface area contributed by atoms with Crippen LogP contribution in [0.3, 0.4) is 0 Å². The van der Waals surface area contributed by atoms with Crippen LogP contribution in [0.4, 0.5) is 5.82 Å². The van der Waals surface area contributed by atoms with E-state index in [0.29, 0.717) is 0 Å². The number of hydrogen-bond acceptors (Lipinski definition) is 4. The van der Waals surface area contributed by atoms with E-state index in [-0.39, 0.29) is 5.41 Å². The highest BCUT2D eigenvalue weighted by Gasteiger charge is 2.31. The number of piperidine rings is 1. The Morgan fingerprint density at radius 3 is 2.88 bits per heavy atom. The van der Waals surface area contributed by atoms with Crippen molar-refractivity contribution in [1.82, 2.24) is 15.1 Å². The number of anilines is 1. The minimum atomic E-state index is 0.248. The van der Waals surface area contributed by atoms with Crippen LogP contribution in [0.2, 0.25) is 0 Å². The molecule has 1 saturated heterocycles. The van der Waals surface area contributed by atoms with Crippen molar-refractivity contribution in [2.75, 3.05) is 38.7 Å². The Morgan fingerprint density at radius 1 is 1.53 bits per heavy atom. The van der Waals surface area contributed by atoms with Gasteiger partial charge < -0.3 is 15.4 Å². The second-order valence-electron chi connectivity index (χ2n) is 4.91. The van der Waals surface area contributed by atoms with Crippen LogP contribution in [0, 0.1) is 5.41 Å². The lowest BCUT2D eigenvalue weighted by molar-refractivity contribution is 0.0635. The molecule has 0 unspecified atom stereocenters. The zero-order chi connectivity index (χ0) is 12.1. The van der Waals surface area contributed by atoms with E-state index in [0.717, 1.165) is 44.9 Å². The molecule has 0 spiro atoms. The number of methoxy groups -OCH3 is 1. The van der Waals surface area contributed by atoms with Crippen LogP contribution in [0.15, 0.2) is 12.3 Å². The summed E-state index contributed by atoms with van der Waals surface area (Å²) < 4.78 is 7.20. The molecule has 1 aliphatic heterocycles. The van der Waals surface area contributed by atoms with E-state index in [9.17, 15) is 0 Å². The molecule has 2 N–H and O–H groups in total. The number of aromatic nitrogens is 2. The quantitative estimate of drug-likeness (QED) is 0.798. The van der Waals surface area contributed by atoms with Gasteiger partial charge in [0.2, 0.25) is 0 Å². The van der Waals surface area contributed by atoms with E-state index in [4.69, 9.17) is 4.74 Å². The highest BCUT2D eigenvalue weighted by molar-refractivity contribution is 5.32. The van der Waals surface area contributed by atoms with Crippen LogP contribution in [-0.4, -0.2) is 43.1 Å². The minimum absolute atomic E-state index is 0.248. The molecule has 96 valence electrons. The first-order chi connectivity index (χ1) is 8.24. The maximum absolute atomic E-state index is 5.38. The van der Waals surface area contributed by atoms with Crippen LogP contribution in [-0.2, 0) is 11.8 Å². The lowest BCUT2D eigenvalue weighted by atomic mass is 9.79. The molecule has 1 aliphatic rings. The second kappa shape index (κ2) is 5.51. The molecule has 0 amide bonds. The predicted molar refractivity (Wildman–Crippen MR) is 68.1 cm³/mol. The van der Waals surface area contributed by atoms with E-state index in [1.165, 1.54) is 0 Å². The first-order valence-corrected chi connectivity index (χ1v) is 6.17. The number of aryl methyl sites for hydroxylation is 1. The summed E-state index contributed by atoms with van der Waals surface area (Å²) >= 11 is 0. The van der Waals surface area contributed by atoms with Crippen molar-refractivity contribution in [3.8, 4) is 0 Å². The molecule has 1 aromatic heterocycles. The van der Waals surface area contributed by atoms with Gasteiger partial charge in [-0.2, -0.15) is 5.10 Å². The molecule has 17 heavy (non-hydrogen) atoms. The molecule has 5 heteroatoms. The average Bonchev–Trinajstić information content (AvgIpc) is 2.75. The third kappa shape index (κ3) is 3.20. The maximum Gasteiger partial charge on any atom is 0.147 e. The van der Waals surface area contributed by atoms with Crippen molar-refractivity contribution in [2.24, 2.45) is 12.5 Å². The van der Waals surface area contributed by atoms with Gasteiger partial charge in [0, 0.05) is 38.4 Å². The molecule has 0 aliphatic carbocycles. The summed E-state index contributed by atoms with van der Waals surface area (Å²) in [6, 6.07) is 2.00. The van der Waals surface area contributed by atoms with Crippen LogP contribution in [0.1, 0.15) is 12.8 Å². The molecule has 0 atom stereocenters. The third-order valence-electron chi connectivity index (χ3n) is 3.47. The molecule has 0 aromatic carbocycles. The van der Waals surface area contributed by atoms with Crippen LogP contribution < -0.4 is 10.6 Å². The predicted octanol–water partition coefficient (Wildman–Crippen LogP) is 0.848. The fraction of sp³-hybridized carbons (Fsp3) is 0.750. The monoisotopic (exact) mass is 238 g/mol. The number of ether oxygens (including phenoxy) is 1. The van der Waals surface area contributed by atoms with E-state index in [1.54, 1.807) is 7.11 Å². The van der Waals surface area contributed by atoms with Gasteiger partial charge in [0.05, 0.1) is 6.61 Å². The molecule has 1 aromatic rings. The molecule has 0 saturated carbocycles. The molecule has 1 fully saturated rings. The van der Waals surface area contributed by atoms with Gasteiger partial charge in [0.1, 0.15) is 5.82 Å². The Hall–Kier alpha value is -1.07. The lowest BCUT2D eigenvalue weighted by Crippen LogP contribution is -2.44. The summed E-state index contributed by atoms with van der Waals surface area (Å²) in [5, 5.41) is 11.2. The fourth-order valence-corrected chi connectivity index (χ4v) is 2.42. The topological polar surface area (TPSA) is 51.1 Å². The van der Waals surface area contributed by atoms with Crippen LogP contribution >= 0.6 is 0 Å². The van der Waals surface area contributed by atoms with Gasteiger partial charge >= 0.3 is 0 Å². The van der Waals surface area contributed by atoms with Crippen LogP contribution in [0.25, 0.3) is 0 Å². The maximum atomic E-state index is 5.38. The summed E-state index contributed by atoms with van der Waals surface area (Å²) in [5.41, 5.74) is 0.248. The van der Waals surface area contributed by atoms with Gasteiger partial charge in [-0.05, 0) is 25.9 Å². The molecule has 2 rings (SSSR count). The molecule has 5 nitrogen and oxygen atoms in total. The van der Waals surface area contributed by atoms with Crippen molar-refractivity contribution in [3.05, 3.63) is 12.3 Å². The highest BCUT2D eigenvalue weighted by atomic mass is 16.5. The number of hydrogen-bond donors (Lipinski definition) is 2. The number of nitrogens with zero attached hydrogens (tertiary/aromatic N) is 2. The van der Waals surface area contributed by atoms with E-state index >= 15 is 0 Å². The Kier molecular flexibility index (Phi) is 4.02. The largest absolute Gasteiger partial charge is 0.384 e. The van der Waals surface area contributed by atoms with Gasteiger partial charge in [0.15, 0.2) is 0 Å². The van der Waals surface area contributed by atoms with E-state index in [2.05, 4.69) is 15.7 Å². The number of rotatable bonds is 5. The summed E-state index contributed by atoms with van der Waals surface area (Å²) in [5.74, 6) is 0.946. The SMILES string of the molecule is COCC1(CNc2ccn(C)n2)CCNCC1. The molecular formula is C12H22N4O. The highest BCUT2D eigenvalue weighted by Crippen LogP contribution is 2.29. The second-order valence-corrected chi connectivity index (χ2v) is 4.91. The van der Waals surface area contributed by atoms with Crippen molar-refractivity contribution in [3.63, 3.8) is 0 Å². The third-order valence-corrected chi connectivity index (χ3v) is 3.47. The van der Waals surface area contributed by atoms with Gasteiger partial charge in [-0.3, -0.25) is 4.68 Å². The zero-order valence-corrected chi connectivity index (χ0v) is 10.7. The van der Waals surface area contributed by atoms with Crippen molar-refractivity contribution in [1.29, 1.82) is 0 Å². The lowest BCUT2D eigenvalue weighted by Gasteiger charge is -2.37. The van der Waals surface area contributed by atoms with Gasteiger partial charge in [-0.1, -0.05) is 0 Å². The smallest absolute Gasteiger partial charge is 0.147 e.